The van der Waals surface area contributed by atoms with Crippen molar-refractivity contribution in [1.29, 1.82) is 0 Å². The number of nitrogens with one attached hydrogen (secondary N) is 1. The van der Waals surface area contributed by atoms with Crippen molar-refractivity contribution in [3.05, 3.63) is 0 Å². The number of primary amides is 1. The summed E-state index contributed by atoms with van der Waals surface area (Å²) >= 11 is 0. The highest BCUT2D eigenvalue weighted by Gasteiger charge is 2.26. The van der Waals surface area contributed by atoms with Crippen LogP contribution in [0, 0.1) is 11.8 Å². The van der Waals surface area contributed by atoms with Crippen LogP contribution in [0.4, 0.5) is 0 Å². The van der Waals surface area contributed by atoms with Crippen molar-refractivity contribution < 1.29 is 4.79 Å². The molecule has 14 heavy (non-hydrogen) atoms. The second-order valence-corrected chi connectivity index (χ2v) is 4.65. The molecule has 3 nitrogen and oxygen atoms in total. The molecule has 0 spiro atoms. The van der Waals surface area contributed by atoms with Gasteiger partial charge in [0.15, 0.2) is 0 Å². The predicted molar refractivity (Wildman–Crippen MR) is 57.8 cm³/mol. The largest absolute Gasteiger partial charge is 0.369 e. The molecule has 0 radical (unpaired) electrons. The first-order valence-electron chi connectivity index (χ1n) is 5.63. The molecular weight excluding hydrogens is 176 g/mol. The van der Waals surface area contributed by atoms with Crippen LogP contribution in [0.1, 0.15) is 39.5 Å². The average molecular weight is 198 g/mol. The summed E-state index contributed by atoms with van der Waals surface area (Å²) in [6.45, 7) is 4.84. The van der Waals surface area contributed by atoms with Crippen LogP contribution in [0.25, 0.3) is 0 Å². The van der Waals surface area contributed by atoms with Crippen LogP contribution in [-0.4, -0.2) is 18.5 Å². The zero-order chi connectivity index (χ0) is 10.6. The number of hydrogen-bond donors (Lipinski definition) is 2. The van der Waals surface area contributed by atoms with Crippen LogP contribution in [0.5, 0.6) is 0 Å². The van der Waals surface area contributed by atoms with Gasteiger partial charge in [-0.3, -0.25) is 4.79 Å². The molecule has 0 aromatic carbocycles. The van der Waals surface area contributed by atoms with Gasteiger partial charge in [0.05, 0.1) is 6.54 Å². The van der Waals surface area contributed by atoms with E-state index in [0.717, 1.165) is 0 Å². The van der Waals surface area contributed by atoms with Crippen molar-refractivity contribution >= 4 is 5.91 Å². The second kappa shape index (κ2) is 5.35. The van der Waals surface area contributed by atoms with Crippen molar-refractivity contribution in [3.63, 3.8) is 0 Å². The van der Waals surface area contributed by atoms with Crippen LogP contribution in [0.15, 0.2) is 0 Å². The minimum atomic E-state index is -0.252. The van der Waals surface area contributed by atoms with Gasteiger partial charge < -0.3 is 11.1 Å². The quantitative estimate of drug-likeness (QED) is 0.715. The smallest absolute Gasteiger partial charge is 0.231 e. The van der Waals surface area contributed by atoms with E-state index in [1.807, 2.05) is 0 Å². The molecule has 1 saturated carbocycles. The highest BCUT2D eigenvalue weighted by molar-refractivity contribution is 5.75. The third-order valence-corrected chi connectivity index (χ3v) is 3.21. The zero-order valence-electron chi connectivity index (χ0n) is 9.25. The first kappa shape index (κ1) is 11.5. The summed E-state index contributed by atoms with van der Waals surface area (Å²) in [5.74, 6) is 1.15. The Hall–Kier alpha value is -0.570. The van der Waals surface area contributed by atoms with Crippen molar-refractivity contribution in [1.82, 2.24) is 5.32 Å². The fourth-order valence-corrected chi connectivity index (χ4v) is 2.44. The van der Waals surface area contributed by atoms with Crippen molar-refractivity contribution in [2.75, 3.05) is 6.54 Å². The molecule has 3 heteroatoms. The minimum absolute atomic E-state index is 0.252. The van der Waals surface area contributed by atoms with Gasteiger partial charge in [-0.1, -0.05) is 26.7 Å². The van der Waals surface area contributed by atoms with E-state index in [9.17, 15) is 4.79 Å². The fourth-order valence-electron chi connectivity index (χ4n) is 2.44. The van der Waals surface area contributed by atoms with Gasteiger partial charge in [0.2, 0.25) is 5.91 Å². The summed E-state index contributed by atoms with van der Waals surface area (Å²) < 4.78 is 0. The van der Waals surface area contributed by atoms with Crippen LogP contribution in [-0.2, 0) is 4.79 Å². The number of nitrogens with two attached hydrogens (primary N) is 1. The molecule has 2 unspecified atom stereocenters. The van der Waals surface area contributed by atoms with E-state index in [1.165, 1.54) is 25.7 Å². The zero-order valence-corrected chi connectivity index (χ0v) is 9.25. The molecule has 1 fully saturated rings. The van der Waals surface area contributed by atoms with Crippen molar-refractivity contribution in [3.8, 4) is 0 Å². The molecule has 0 aliphatic heterocycles. The molecule has 3 N–H and O–H groups in total. The Labute approximate surface area is 86.4 Å². The Morgan fingerprint density at radius 3 is 2.64 bits per heavy atom. The first-order valence-corrected chi connectivity index (χ1v) is 5.63. The molecule has 0 aromatic heterocycles. The first-order chi connectivity index (χ1) is 6.61. The Kier molecular flexibility index (Phi) is 4.39. The van der Waals surface area contributed by atoms with Gasteiger partial charge in [-0.15, -0.1) is 0 Å². The Morgan fingerprint density at radius 2 is 2.07 bits per heavy atom. The topological polar surface area (TPSA) is 55.1 Å². The molecule has 1 aliphatic carbocycles. The summed E-state index contributed by atoms with van der Waals surface area (Å²) in [6.07, 6.45) is 5.08. The van der Waals surface area contributed by atoms with Gasteiger partial charge in [-0.25, -0.2) is 0 Å². The molecule has 0 bridgehead atoms. The minimum Gasteiger partial charge on any atom is -0.369 e. The monoisotopic (exact) mass is 198 g/mol. The van der Waals surface area contributed by atoms with Crippen LogP contribution < -0.4 is 11.1 Å². The summed E-state index contributed by atoms with van der Waals surface area (Å²) in [5.41, 5.74) is 5.13. The summed E-state index contributed by atoms with van der Waals surface area (Å²) in [6, 6.07) is 0.497. The van der Waals surface area contributed by atoms with E-state index in [0.29, 0.717) is 24.4 Å². The molecule has 1 amide bonds. The lowest BCUT2D eigenvalue weighted by Gasteiger charge is -2.34. The third-order valence-electron chi connectivity index (χ3n) is 3.21. The molecule has 0 aromatic rings. The van der Waals surface area contributed by atoms with E-state index in [4.69, 9.17) is 5.73 Å². The highest BCUT2D eigenvalue weighted by atomic mass is 16.1. The molecule has 1 rings (SSSR count). The lowest BCUT2D eigenvalue weighted by atomic mass is 9.78. The lowest BCUT2D eigenvalue weighted by Crippen LogP contribution is -2.44. The summed E-state index contributed by atoms with van der Waals surface area (Å²) in [5, 5.41) is 3.28. The molecule has 82 valence electrons. The summed E-state index contributed by atoms with van der Waals surface area (Å²) in [4.78, 5) is 10.7. The number of carbonyl (C=O) groups is 1. The maximum Gasteiger partial charge on any atom is 0.231 e. The lowest BCUT2D eigenvalue weighted by molar-refractivity contribution is -0.117. The van der Waals surface area contributed by atoms with Gasteiger partial charge in [0.1, 0.15) is 0 Å². The van der Waals surface area contributed by atoms with Crippen molar-refractivity contribution in [2.24, 2.45) is 17.6 Å². The van der Waals surface area contributed by atoms with Gasteiger partial charge in [0, 0.05) is 6.04 Å². The molecule has 1 aliphatic rings. The molecular formula is C11H22N2O. The maximum absolute atomic E-state index is 10.7. The van der Waals surface area contributed by atoms with E-state index in [-0.39, 0.29) is 5.91 Å². The van der Waals surface area contributed by atoms with Gasteiger partial charge >= 0.3 is 0 Å². The molecule has 2 atom stereocenters. The normalized spacial score (nSPS) is 27.9. The van der Waals surface area contributed by atoms with E-state index < -0.39 is 0 Å². The Balaban J connectivity index is 2.41. The maximum atomic E-state index is 10.7. The predicted octanol–water partition coefficient (Wildman–Crippen LogP) is 1.28. The second-order valence-electron chi connectivity index (χ2n) is 4.65. The van der Waals surface area contributed by atoms with Crippen molar-refractivity contribution in [2.45, 2.75) is 45.6 Å². The SMILES string of the molecule is CC(C)C1CCCCC1NCC(N)=O. The van der Waals surface area contributed by atoms with E-state index in [2.05, 4.69) is 19.2 Å². The number of hydrogen-bond acceptors (Lipinski definition) is 2. The Morgan fingerprint density at radius 1 is 1.43 bits per heavy atom. The Bertz CT molecular complexity index is 192. The van der Waals surface area contributed by atoms with E-state index >= 15 is 0 Å². The fraction of sp³-hybridized carbons (Fsp3) is 0.909. The number of rotatable bonds is 4. The van der Waals surface area contributed by atoms with Crippen LogP contribution in [0.3, 0.4) is 0 Å². The van der Waals surface area contributed by atoms with Gasteiger partial charge in [0.25, 0.3) is 0 Å². The number of carbonyl (C=O) groups excluding carboxylic acids is 1. The van der Waals surface area contributed by atoms with Gasteiger partial charge in [-0.05, 0) is 24.7 Å². The third kappa shape index (κ3) is 3.29. The van der Waals surface area contributed by atoms with E-state index in [1.54, 1.807) is 0 Å². The van der Waals surface area contributed by atoms with Gasteiger partial charge in [-0.2, -0.15) is 0 Å². The molecule has 0 heterocycles. The summed E-state index contributed by atoms with van der Waals surface area (Å²) in [7, 11) is 0. The van der Waals surface area contributed by atoms with Crippen LogP contribution in [0.2, 0.25) is 0 Å². The average Bonchev–Trinajstić information content (AvgIpc) is 2.15. The number of amides is 1. The molecule has 0 saturated heterocycles. The highest BCUT2D eigenvalue weighted by Crippen LogP contribution is 2.29. The standard InChI is InChI=1S/C11H22N2O/c1-8(2)9-5-3-4-6-10(9)13-7-11(12)14/h8-10,13H,3-7H2,1-2H3,(H2,12,14). The van der Waals surface area contributed by atoms with Crippen LogP contribution >= 0.6 is 0 Å².